The maximum absolute atomic E-state index is 11.9. The topological polar surface area (TPSA) is 81.6 Å². The second-order valence-corrected chi connectivity index (χ2v) is 10.9. The van der Waals surface area contributed by atoms with E-state index in [0.717, 1.165) is 12.8 Å². The fourth-order valence-electron chi connectivity index (χ4n) is 2.30. The van der Waals surface area contributed by atoms with Gasteiger partial charge in [0, 0.05) is 0 Å². The van der Waals surface area contributed by atoms with Gasteiger partial charge in [0.1, 0.15) is 5.41 Å². The maximum Gasteiger partial charge on any atom is 1.00 e. The standard InChI is InChI=1S/C11H18N2O3.Cl3HSi.Na/c1-4-6-7(3)11(5-2)8(14)12-10(16)13-9(11)15;1-4(2)3;/h7H,4-6H2,1-3H3,(H2,12,13,14,15,16);4H;/q;;+1/p-1. The number of amides is 2. The monoisotopic (exact) mass is 382 g/mol. The first kappa shape index (κ1) is 24.0. The molecule has 0 fully saturated rings. The molecule has 0 saturated heterocycles. The number of aliphatic imine (C=N–C) groups is 1. The zero-order valence-electron chi connectivity index (χ0n) is 12.6. The molecule has 1 aliphatic heterocycles. The van der Waals surface area contributed by atoms with Crippen LogP contribution in [0.4, 0.5) is 0 Å². The van der Waals surface area contributed by atoms with E-state index in [9.17, 15) is 14.7 Å². The van der Waals surface area contributed by atoms with Crippen LogP contribution in [0.3, 0.4) is 0 Å². The first-order valence-corrected chi connectivity index (χ1v) is 11.5. The summed E-state index contributed by atoms with van der Waals surface area (Å²) in [5.74, 6) is -1.20. The molecule has 5 nitrogen and oxygen atoms in total. The van der Waals surface area contributed by atoms with Crippen molar-refractivity contribution in [3.63, 3.8) is 0 Å². The summed E-state index contributed by atoms with van der Waals surface area (Å²) in [6.45, 7) is 3.90. The van der Waals surface area contributed by atoms with Gasteiger partial charge in [-0.15, -0.1) is 33.2 Å². The molecule has 116 valence electrons. The predicted molar refractivity (Wildman–Crippen MR) is 82.1 cm³/mol. The minimum atomic E-state index is -1.72. The Morgan fingerprint density at radius 1 is 1.33 bits per heavy atom. The van der Waals surface area contributed by atoms with Crippen molar-refractivity contribution < 1.29 is 44.3 Å². The van der Waals surface area contributed by atoms with Gasteiger partial charge in [-0.05, 0) is 18.8 Å². The van der Waals surface area contributed by atoms with E-state index in [1.54, 1.807) is 6.92 Å². The molecule has 1 heterocycles. The van der Waals surface area contributed by atoms with Crippen LogP contribution in [0.1, 0.15) is 40.0 Å². The number of nitrogens with zero attached hydrogens (tertiary/aromatic N) is 1. The zero-order chi connectivity index (χ0) is 15.9. The Labute approximate surface area is 162 Å². The number of carbonyl (C=O) groups is 2. The molecule has 10 heteroatoms. The van der Waals surface area contributed by atoms with E-state index in [0.29, 0.717) is 6.42 Å². The van der Waals surface area contributed by atoms with E-state index in [2.05, 4.69) is 10.3 Å². The van der Waals surface area contributed by atoms with Crippen LogP contribution in [0.25, 0.3) is 0 Å². The van der Waals surface area contributed by atoms with Crippen LogP contribution in [0.15, 0.2) is 4.99 Å². The number of carbonyl (C=O) groups excluding carboxylic acids is 2. The number of halogens is 3. The van der Waals surface area contributed by atoms with Crippen LogP contribution in [-0.4, -0.2) is 24.6 Å². The van der Waals surface area contributed by atoms with Crippen LogP contribution >= 0.6 is 33.2 Å². The van der Waals surface area contributed by atoms with Crippen LogP contribution in [-0.2, 0) is 9.59 Å². The molecule has 2 amide bonds. The smallest absolute Gasteiger partial charge is 0.846 e. The Bertz CT molecular complexity index is 396. The van der Waals surface area contributed by atoms with Gasteiger partial charge >= 0.3 is 36.3 Å². The zero-order valence-corrected chi connectivity index (χ0v) is 18.0. The fourth-order valence-corrected chi connectivity index (χ4v) is 2.30. The maximum atomic E-state index is 11.9. The summed E-state index contributed by atoms with van der Waals surface area (Å²) in [5, 5.41) is 13.1. The largest absolute Gasteiger partial charge is 1.00 e. The molecule has 0 bridgehead atoms. The van der Waals surface area contributed by atoms with Gasteiger partial charge in [0.15, 0.2) is 0 Å². The molecule has 0 aromatic heterocycles. The molecule has 0 saturated carbocycles. The third-order valence-electron chi connectivity index (χ3n) is 3.33. The molecule has 2 unspecified atom stereocenters. The number of nitrogens with one attached hydrogen (secondary N) is 1. The third kappa shape index (κ3) is 6.77. The summed E-state index contributed by atoms with van der Waals surface area (Å²) in [6, 6.07) is -0.845. The normalized spacial score (nSPS) is 22.5. The van der Waals surface area contributed by atoms with Crippen LogP contribution in [0.5, 0.6) is 0 Å². The third-order valence-corrected chi connectivity index (χ3v) is 3.33. The van der Waals surface area contributed by atoms with E-state index in [4.69, 9.17) is 33.2 Å². The molecule has 0 spiro atoms. The van der Waals surface area contributed by atoms with Crippen LogP contribution in [0.2, 0.25) is 0 Å². The Balaban J connectivity index is 0. The van der Waals surface area contributed by atoms with Crippen molar-refractivity contribution >= 4 is 57.8 Å². The fraction of sp³-hybridized carbons (Fsp3) is 0.727. The van der Waals surface area contributed by atoms with Crippen molar-refractivity contribution in [1.82, 2.24) is 5.32 Å². The summed E-state index contributed by atoms with van der Waals surface area (Å²) in [4.78, 5) is 27.1. The summed E-state index contributed by atoms with van der Waals surface area (Å²) < 4.78 is 0. The molecule has 1 N–H and O–H groups in total. The van der Waals surface area contributed by atoms with Gasteiger partial charge in [0.05, 0.1) is 6.02 Å². The Kier molecular flexibility index (Phi) is 12.9. The van der Waals surface area contributed by atoms with Crippen molar-refractivity contribution in [3.8, 4) is 0 Å². The Hall–Kier alpha value is 0.697. The van der Waals surface area contributed by atoms with E-state index in [1.165, 1.54) is 0 Å². The van der Waals surface area contributed by atoms with Gasteiger partial charge in [-0.2, -0.15) is 0 Å². The molecule has 2 atom stereocenters. The Morgan fingerprint density at radius 3 is 2.14 bits per heavy atom. The summed E-state index contributed by atoms with van der Waals surface area (Å²) in [5.41, 5.74) is -1.15. The first-order valence-electron chi connectivity index (χ1n) is 6.26. The van der Waals surface area contributed by atoms with Gasteiger partial charge in [-0.3, -0.25) is 9.59 Å². The van der Waals surface area contributed by atoms with Crippen molar-refractivity contribution in [1.29, 1.82) is 0 Å². The second-order valence-electron chi connectivity index (χ2n) is 4.44. The van der Waals surface area contributed by atoms with Crippen LogP contribution in [0, 0.1) is 11.3 Å². The molecule has 0 radical (unpaired) electrons. The summed E-state index contributed by atoms with van der Waals surface area (Å²) in [6.07, 6.45) is 2.02. The van der Waals surface area contributed by atoms with Gasteiger partial charge < -0.3 is 10.4 Å². The molecular weight excluding hydrogens is 366 g/mol. The molecule has 0 aliphatic carbocycles. The number of amidine groups is 1. The van der Waals surface area contributed by atoms with E-state index < -0.39 is 30.0 Å². The van der Waals surface area contributed by atoms with E-state index in [-0.39, 0.29) is 35.5 Å². The minimum absolute atomic E-state index is 0. The van der Waals surface area contributed by atoms with Crippen molar-refractivity contribution in [3.05, 3.63) is 0 Å². The van der Waals surface area contributed by atoms with Gasteiger partial charge in [-0.25, -0.2) is 4.99 Å². The average Bonchev–Trinajstić information content (AvgIpc) is 2.28. The first-order chi connectivity index (χ1) is 9.22. The summed E-state index contributed by atoms with van der Waals surface area (Å²) in [7, 11) is 0. The van der Waals surface area contributed by atoms with Crippen molar-refractivity contribution in [2.24, 2.45) is 16.3 Å². The van der Waals surface area contributed by atoms with E-state index in [1.807, 2.05) is 13.8 Å². The molecule has 1 rings (SSSR count). The quantitative estimate of drug-likeness (QED) is 0.369. The number of hydrogen-bond acceptors (Lipinski definition) is 3. The minimum Gasteiger partial charge on any atom is -0.846 e. The molecule has 0 aromatic rings. The van der Waals surface area contributed by atoms with Gasteiger partial charge in [0.25, 0.3) is 5.91 Å². The summed E-state index contributed by atoms with van der Waals surface area (Å²) >= 11 is 14.8. The average molecular weight is 384 g/mol. The molecule has 0 aromatic carbocycles. The Morgan fingerprint density at radius 2 is 1.81 bits per heavy atom. The van der Waals surface area contributed by atoms with Crippen molar-refractivity contribution in [2.75, 3.05) is 0 Å². The molecule has 1 aliphatic rings. The van der Waals surface area contributed by atoms with Crippen molar-refractivity contribution in [2.45, 2.75) is 40.0 Å². The van der Waals surface area contributed by atoms with Crippen LogP contribution < -0.4 is 40.0 Å². The molecular formula is C11H18Cl3N2NaO3Si. The molecule has 21 heavy (non-hydrogen) atoms. The van der Waals surface area contributed by atoms with Gasteiger partial charge in [0.2, 0.25) is 5.91 Å². The van der Waals surface area contributed by atoms with E-state index >= 15 is 0 Å². The van der Waals surface area contributed by atoms with Gasteiger partial charge in [-0.1, -0.05) is 27.2 Å². The second kappa shape index (κ2) is 11.3. The number of rotatable bonds is 4. The SMILES string of the molecule is CCCC(C)C1(CC)C(=O)N=C([O-])NC1=O.Cl[SiH](Cl)Cl.[Na+]. The number of hydrogen-bond donors (Lipinski definition) is 1. The predicted octanol–water partition coefficient (Wildman–Crippen LogP) is -1.38.